The van der Waals surface area contributed by atoms with Gasteiger partial charge in [-0.05, 0) is 43.5 Å². The van der Waals surface area contributed by atoms with Crippen molar-refractivity contribution < 1.29 is 4.74 Å². The van der Waals surface area contributed by atoms with E-state index in [1.165, 1.54) is 19.3 Å². The number of benzene rings is 1. The monoisotopic (exact) mass is 244 g/mol. The molecule has 1 aromatic carbocycles. The number of rotatable bonds is 5. The normalized spacial score (nSPS) is 18.3. The first-order valence-corrected chi connectivity index (χ1v) is 6.49. The van der Waals surface area contributed by atoms with Gasteiger partial charge in [-0.15, -0.1) is 0 Å². The van der Waals surface area contributed by atoms with Crippen LogP contribution >= 0.6 is 0 Å². The molecular weight excluding hydrogens is 224 g/mol. The van der Waals surface area contributed by atoms with Crippen molar-refractivity contribution in [2.45, 2.75) is 38.1 Å². The molecule has 1 saturated carbocycles. The van der Waals surface area contributed by atoms with E-state index < -0.39 is 5.54 Å². The van der Waals surface area contributed by atoms with Gasteiger partial charge in [0.05, 0.1) is 13.2 Å². The minimum atomic E-state index is -0.473. The molecule has 3 nitrogen and oxygen atoms in total. The summed E-state index contributed by atoms with van der Waals surface area (Å²) >= 11 is 0. The molecule has 1 aliphatic carbocycles. The highest BCUT2D eigenvalue weighted by Crippen LogP contribution is 2.35. The summed E-state index contributed by atoms with van der Waals surface area (Å²) < 4.78 is 5.12. The molecule has 0 aromatic heterocycles. The second-order valence-electron chi connectivity index (χ2n) is 5.30. The number of ether oxygens (including phenoxy) is 1. The number of methoxy groups -OCH3 is 1. The fourth-order valence-electron chi connectivity index (χ4n) is 2.39. The Kier molecular flexibility index (Phi) is 3.76. The summed E-state index contributed by atoms with van der Waals surface area (Å²) in [6.07, 6.45) is 4.77. The molecule has 0 heterocycles. The fourth-order valence-corrected chi connectivity index (χ4v) is 2.39. The van der Waals surface area contributed by atoms with Gasteiger partial charge >= 0.3 is 0 Å². The van der Waals surface area contributed by atoms with Crippen LogP contribution < -0.4 is 10.1 Å². The maximum atomic E-state index is 9.38. The molecule has 18 heavy (non-hydrogen) atoms. The van der Waals surface area contributed by atoms with Crippen LogP contribution in [0.15, 0.2) is 24.3 Å². The smallest absolute Gasteiger partial charge is 0.122 e. The zero-order valence-electron chi connectivity index (χ0n) is 11.1. The molecule has 1 aromatic rings. The SMILES string of the molecule is COc1ccc(NC(C)(C#N)CC2CCC2)cc1. The summed E-state index contributed by atoms with van der Waals surface area (Å²) in [6.45, 7) is 1.98. The van der Waals surface area contributed by atoms with Crippen LogP contribution in [-0.2, 0) is 0 Å². The highest BCUT2D eigenvalue weighted by molar-refractivity contribution is 5.49. The van der Waals surface area contributed by atoms with Gasteiger partial charge < -0.3 is 10.1 Å². The van der Waals surface area contributed by atoms with Crippen LogP contribution in [-0.4, -0.2) is 12.6 Å². The fraction of sp³-hybridized carbons (Fsp3) is 0.533. The highest BCUT2D eigenvalue weighted by atomic mass is 16.5. The lowest BCUT2D eigenvalue weighted by Gasteiger charge is -2.33. The average Bonchev–Trinajstić information content (AvgIpc) is 2.35. The van der Waals surface area contributed by atoms with Gasteiger partial charge in [-0.2, -0.15) is 5.26 Å². The van der Waals surface area contributed by atoms with Crippen LogP contribution in [0, 0.1) is 17.2 Å². The first-order valence-electron chi connectivity index (χ1n) is 6.49. The molecule has 1 aliphatic rings. The van der Waals surface area contributed by atoms with Crippen molar-refractivity contribution in [1.29, 1.82) is 5.26 Å². The third kappa shape index (κ3) is 2.95. The van der Waals surface area contributed by atoms with Crippen LogP contribution in [0.1, 0.15) is 32.6 Å². The third-order valence-corrected chi connectivity index (χ3v) is 3.68. The van der Waals surface area contributed by atoms with Crippen LogP contribution in [0.3, 0.4) is 0 Å². The summed E-state index contributed by atoms with van der Waals surface area (Å²) in [5, 5.41) is 12.7. The Morgan fingerprint density at radius 1 is 1.39 bits per heavy atom. The average molecular weight is 244 g/mol. The Balaban J connectivity index is 2.01. The first kappa shape index (κ1) is 12.8. The van der Waals surface area contributed by atoms with Crippen molar-refractivity contribution in [3.05, 3.63) is 24.3 Å². The summed E-state index contributed by atoms with van der Waals surface area (Å²) in [5.41, 5.74) is 0.499. The molecule has 2 rings (SSSR count). The summed E-state index contributed by atoms with van der Waals surface area (Å²) in [7, 11) is 1.65. The molecule has 3 heteroatoms. The van der Waals surface area contributed by atoms with Crippen molar-refractivity contribution in [3.63, 3.8) is 0 Å². The van der Waals surface area contributed by atoms with Crippen LogP contribution in [0.4, 0.5) is 5.69 Å². The molecule has 96 valence electrons. The molecule has 0 saturated heterocycles. The van der Waals surface area contributed by atoms with Gasteiger partial charge in [0.25, 0.3) is 0 Å². The van der Waals surface area contributed by atoms with E-state index in [-0.39, 0.29) is 0 Å². The zero-order chi connectivity index (χ0) is 13.0. The lowest BCUT2D eigenvalue weighted by molar-refractivity contribution is 0.267. The van der Waals surface area contributed by atoms with Gasteiger partial charge in [-0.3, -0.25) is 0 Å². The first-order chi connectivity index (χ1) is 8.65. The molecule has 0 amide bonds. The Hall–Kier alpha value is -1.69. The maximum Gasteiger partial charge on any atom is 0.122 e. The Morgan fingerprint density at radius 2 is 2.06 bits per heavy atom. The minimum Gasteiger partial charge on any atom is -0.497 e. The van der Waals surface area contributed by atoms with E-state index in [0.717, 1.165) is 17.9 Å². The zero-order valence-corrected chi connectivity index (χ0v) is 11.1. The van der Waals surface area contributed by atoms with Crippen molar-refractivity contribution in [1.82, 2.24) is 0 Å². The van der Waals surface area contributed by atoms with Gasteiger partial charge in [0.15, 0.2) is 0 Å². The predicted molar refractivity (Wildman–Crippen MR) is 72.6 cm³/mol. The van der Waals surface area contributed by atoms with Crippen molar-refractivity contribution in [3.8, 4) is 11.8 Å². The number of nitrogens with one attached hydrogen (secondary N) is 1. The van der Waals surface area contributed by atoms with Gasteiger partial charge in [-0.25, -0.2) is 0 Å². The molecular formula is C15H20N2O. The summed E-state index contributed by atoms with van der Waals surface area (Å²) in [4.78, 5) is 0. The lowest BCUT2D eigenvalue weighted by Crippen LogP contribution is -2.36. The number of nitrogens with zero attached hydrogens (tertiary/aromatic N) is 1. The van der Waals surface area contributed by atoms with Crippen LogP contribution in [0.5, 0.6) is 5.75 Å². The predicted octanol–water partition coefficient (Wildman–Crippen LogP) is 3.58. The topological polar surface area (TPSA) is 45.0 Å². The standard InChI is InChI=1S/C15H20N2O/c1-15(11-16,10-12-4-3-5-12)17-13-6-8-14(18-2)9-7-13/h6-9,12,17H,3-5,10H2,1-2H3. The van der Waals surface area contributed by atoms with Crippen molar-refractivity contribution in [2.75, 3.05) is 12.4 Å². The van der Waals surface area contributed by atoms with Crippen LogP contribution in [0.25, 0.3) is 0 Å². The van der Waals surface area contributed by atoms with Gasteiger partial charge in [0.2, 0.25) is 0 Å². The van der Waals surface area contributed by atoms with Gasteiger partial charge in [0, 0.05) is 5.69 Å². The van der Waals surface area contributed by atoms with E-state index in [4.69, 9.17) is 4.74 Å². The van der Waals surface area contributed by atoms with E-state index in [2.05, 4.69) is 11.4 Å². The van der Waals surface area contributed by atoms with Crippen molar-refractivity contribution >= 4 is 5.69 Å². The molecule has 0 aliphatic heterocycles. The highest BCUT2D eigenvalue weighted by Gasteiger charge is 2.30. The molecule has 0 bridgehead atoms. The number of anilines is 1. The van der Waals surface area contributed by atoms with Gasteiger partial charge in [-0.1, -0.05) is 19.3 Å². The van der Waals surface area contributed by atoms with E-state index in [1.807, 2.05) is 31.2 Å². The van der Waals surface area contributed by atoms with E-state index in [0.29, 0.717) is 5.92 Å². The maximum absolute atomic E-state index is 9.38. The lowest BCUT2D eigenvalue weighted by atomic mass is 9.77. The third-order valence-electron chi connectivity index (χ3n) is 3.68. The molecule has 0 spiro atoms. The van der Waals surface area contributed by atoms with Crippen LogP contribution in [0.2, 0.25) is 0 Å². The summed E-state index contributed by atoms with van der Waals surface area (Å²) in [6, 6.07) is 10.1. The Bertz CT molecular complexity index is 431. The van der Waals surface area contributed by atoms with Gasteiger partial charge in [0.1, 0.15) is 11.3 Å². The second kappa shape index (κ2) is 5.30. The molecule has 1 N–H and O–H groups in total. The molecule has 1 unspecified atom stereocenters. The Labute approximate surface area is 109 Å². The molecule has 1 fully saturated rings. The number of hydrogen-bond donors (Lipinski definition) is 1. The second-order valence-corrected chi connectivity index (χ2v) is 5.30. The largest absolute Gasteiger partial charge is 0.497 e. The van der Waals surface area contributed by atoms with E-state index in [9.17, 15) is 5.26 Å². The number of hydrogen-bond acceptors (Lipinski definition) is 3. The Morgan fingerprint density at radius 3 is 2.50 bits per heavy atom. The number of nitriles is 1. The van der Waals surface area contributed by atoms with Crippen molar-refractivity contribution in [2.24, 2.45) is 5.92 Å². The van der Waals surface area contributed by atoms with E-state index >= 15 is 0 Å². The minimum absolute atomic E-state index is 0.473. The molecule has 0 radical (unpaired) electrons. The van der Waals surface area contributed by atoms with E-state index in [1.54, 1.807) is 7.11 Å². The quantitative estimate of drug-likeness (QED) is 0.861. The summed E-state index contributed by atoms with van der Waals surface area (Å²) in [5.74, 6) is 1.54. The molecule has 1 atom stereocenters.